The van der Waals surface area contributed by atoms with Crippen LogP contribution in [-0.2, 0) is 0 Å². The zero-order valence-corrected chi connectivity index (χ0v) is 63.6. The van der Waals surface area contributed by atoms with Crippen molar-refractivity contribution in [2.24, 2.45) is 0 Å². The number of hydrogen-bond donors (Lipinski definition) is 0. The Kier molecular flexibility index (Phi) is 18.7. The smallest absolute Gasteiger partial charge is 0.135 e. The Morgan fingerprint density at radius 1 is 0.129 bits per heavy atom. The molecule has 0 fully saturated rings. The van der Waals surface area contributed by atoms with Gasteiger partial charge >= 0.3 is 0 Å². The van der Waals surface area contributed by atoms with Crippen molar-refractivity contribution in [1.82, 2.24) is 0 Å². The van der Waals surface area contributed by atoms with Crippen molar-refractivity contribution in [3.63, 3.8) is 0 Å². The average Bonchev–Trinajstić information content (AvgIpc) is 1.69. The van der Waals surface area contributed by atoms with Gasteiger partial charge in [-0.05, 0) is 268 Å². The van der Waals surface area contributed by atoms with E-state index in [1.165, 1.54) is 94.2 Å². The van der Waals surface area contributed by atoms with Gasteiger partial charge in [-0.1, -0.05) is 315 Å². The molecule has 0 atom stereocenters. The molecular formula is C112H76N2O2. The molecule has 0 saturated heterocycles. The minimum absolute atomic E-state index is 0.904. The fourth-order valence-electron chi connectivity index (χ4n) is 16.4. The molecule has 0 bridgehead atoms. The third-order valence-corrected chi connectivity index (χ3v) is 22.3. The van der Waals surface area contributed by atoms with Gasteiger partial charge in [-0.3, -0.25) is 0 Å². The normalized spacial score (nSPS) is 11.3. The van der Waals surface area contributed by atoms with Gasteiger partial charge in [0.2, 0.25) is 0 Å². The van der Waals surface area contributed by atoms with Gasteiger partial charge in [0, 0.05) is 55.7 Å². The van der Waals surface area contributed by atoms with Crippen LogP contribution in [0.4, 0.5) is 34.1 Å². The molecule has 0 aliphatic heterocycles. The second-order valence-corrected chi connectivity index (χ2v) is 29.5. The van der Waals surface area contributed by atoms with Gasteiger partial charge in [-0.2, -0.15) is 0 Å². The monoisotopic (exact) mass is 1480 g/mol. The summed E-state index contributed by atoms with van der Waals surface area (Å²) in [5.41, 5.74) is 33.9. The SMILES string of the molecule is c1ccc(-c2cc(-c3ccccc3)cc(-c3ccc(N(c4ccc(-c5ccc6oc7ccccc7c6c5)cc4)c4ccc(-c5cccc6ccccc56)cc4)cc3)c2)cc1.c1ccc(-c2ccc(N(c3ccc(-c4cc(-c5ccccc5)cc(-c5ccccc5)c4)cc3)c3ccc(-c4ccc5oc6ccccc6c5c4)cc3)cc2)cc1. The molecule has 0 aliphatic rings. The summed E-state index contributed by atoms with van der Waals surface area (Å²) in [7, 11) is 0. The molecule has 0 amide bonds. The van der Waals surface area contributed by atoms with Gasteiger partial charge in [0.15, 0.2) is 0 Å². The summed E-state index contributed by atoms with van der Waals surface area (Å²) in [6.07, 6.45) is 0. The van der Waals surface area contributed by atoms with Crippen molar-refractivity contribution in [2.45, 2.75) is 0 Å². The number of fused-ring (bicyclic) bond motifs is 7. The van der Waals surface area contributed by atoms with Crippen LogP contribution >= 0.6 is 0 Å². The van der Waals surface area contributed by atoms with E-state index in [0.717, 1.165) is 106 Å². The van der Waals surface area contributed by atoms with Crippen molar-refractivity contribution >= 4 is 88.8 Å². The van der Waals surface area contributed by atoms with E-state index in [0.29, 0.717) is 0 Å². The first kappa shape index (κ1) is 69.8. The van der Waals surface area contributed by atoms with E-state index in [9.17, 15) is 0 Å². The summed E-state index contributed by atoms with van der Waals surface area (Å²) in [6, 6.07) is 165. The highest BCUT2D eigenvalue weighted by atomic mass is 16.3. The molecule has 2 heterocycles. The van der Waals surface area contributed by atoms with Crippen LogP contribution in [0.2, 0.25) is 0 Å². The highest BCUT2D eigenvalue weighted by Gasteiger charge is 2.20. The summed E-state index contributed by atoms with van der Waals surface area (Å²) >= 11 is 0. The number of nitrogens with zero attached hydrogens (tertiary/aromatic N) is 2. The van der Waals surface area contributed by atoms with E-state index in [-0.39, 0.29) is 0 Å². The van der Waals surface area contributed by atoms with Gasteiger partial charge in [0.05, 0.1) is 0 Å². The van der Waals surface area contributed by atoms with Crippen LogP contribution in [0, 0.1) is 0 Å². The molecule has 19 aromatic carbocycles. The molecule has 0 spiro atoms. The molecule has 21 rings (SSSR count). The van der Waals surface area contributed by atoms with Crippen molar-refractivity contribution in [3.8, 4) is 111 Å². The lowest BCUT2D eigenvalue weighted by Crippen LogP contribution is -2.09. The first-order chi connectivity index (χ1) is 57.4. The zero-order chi connectivity index (χ0) is 77.1. The maximum atomic E-state index is 6.13. The quantitative estimate of drug-likeness (QED) is 0.0965. The molecule has 4 nitrogen and oxygen atoms in total. The maximum Gasteiger partial charge on any atom is 0.135 e. The Balaban J connectivity index is 0.000000150. The van der Waals surface area contributed by atoms with Gasteiger partial charge in [-0.25, -0.2) is 0 Å². The Morgan fingerprint density at radius 3 is 0.681 bits per heavy atom. The third kappa shape index (κ3) is 14.2. The predicted octanol–water partition coefficient (Wildman–Crippen LogP) is 31.9. The Labute approximate surface area is 675 Å². The summed E-state index contributed by atoms with van der Waals surface area (Å²) < 4.78 is 12.2. The van der Waals surface area contributed by atoms with E-state index in [2.05, 4.69) is 447 Å². The standard InChI is InChI=1S/C58H39NO.C54H37NO/c1-3-12-40(13-4-1)47-36-48(41-14-5-2-6-15-41)38-49(37-47)43-24-31-51(32-25-43)59(52-33-26-45(27-34-52)54-20-11-17-44-16-7-8-18-53(44)54)50-29-22-42(23-30-50)46-28-35-58-56(39-46)55-19-9-10-21-57(55)60-58;1-4-12-38(13-5-1)41-20-27-48(28-21-41)55(49-29-22-42(23-30-49)44-26-33-54-52(37-44)51-18-10-11-19-53(51)56-54)50-31-24-43(25-32-50)47-35-45(39-14-6-2-7-15-39)34-46(36-47)40-16-8-3-9-17-40/h1-39H;1-37H. The fourth-order valence-corrected chi connectivity index (χ4v) is 16.4. The lowest BCUT2D eigenvalue weighted by atomic mass is 9.93. The maximum absolute atomic E-state index is 6.13. The number of para-hydroxylation sites is 2. The van der Waals surface area contributed by atoms with Crippen molar-refractivity contribution < 1.29 is 8.83 Å². The number of hydrogen-bond acceptors (Lipinski definition) is 4. The minimum Gasteiger partial charge on any atom is -0.456 e. The number of furan rings is 2. The number of rotatable bonds is 16. The Bertz CT molecular complexity index is 6920. The molecule has 0 unspecified atom stereocenters. The fraction of sp³-hybridized carbons (Fsp3) is 0. The second-order valence-electron chi connectivity index (χ2n) is 29.5. The lowest BCUT2D eigenvalue weighted by molar-refractivity contribution is 0.668. The number of anilines is 6. The summed E-state index contributed by atoms with van der Waals surface area (Å²) in [5, 5.41) is 7.03. The lowest BCUT2D eigenvalue weighted by Gasteiger charge is -2.26. The Morgan fingerprint density at radius 2 is 0.353 bits per heavy atom. The van der Waals surface area contributed by atoms with Crippen LogP contribution in [0.25, 0.3) is 166 Å². The minimum atomic E-state index is 0.904. The molecule has 0 aliphatic carbocycles. The van der Waals surface area contributed by atoms with E-state index in [4.69, 9.17) is 8.83 Å². The molecule has 4 heteroatoms. The molecule has 0 saturated carbocycles. The zero-order valence-electron chi connectivity index (χ0n) is 63.6. The van der Waals surface area contributed by atoms with Crippen molar-refractivity contribution in [3.05, 3.63) is 461 Å². The van der Waals surface area contributed by atoms with Gasteiger partial charge < -0.3 is 18.6 Å². The molecule has 0 N–H and O–H groups in total. The van der Waals surface area contributed by atoms with E-state index >= 15 is 0 Å². The summed E-state index contributed by atoms with van der Waals surface area (Å²) in [5.74, 6) is 0. The first-order valence-corrected chi connectivity index (χ1v) is 39.6. The van der Waals surface area contributed by atoms with Crippen LogP contribution in [0.1, 0.15) is 0 Å². The topological polar surface area (TPSA) is 32.8 Å². The van der Waals surface area contributed by atoms with E-state index < -0.39 is 0 Å². The molecule has 2 aromatic heterocycles. The third-order valence-electron chi connectivity index (χ3n) is 22.3. The molecule has 546 valence electrons. The van der Waals surface area contributed by atoms with Crippen LogP contribution in [-0.4, -0.2) is 0 Å². The van der Waals surface area contributed by atoms with Crippen LogP contribution < -0.4 is 9.80 Å². The first-order valence-electron chi connectivity index (χ1n) is 39.6. The Hall–Kier alpha value is -15.4. The van der Waals surface area contributed by atoms with Gasteiger partial charge in [-0.15, -0.1) is 0 Å². The predicted molar refractivity (Wildman–Crippen MR) is 489 cm³/mol. The van der Waals surface area contributed by atoms with Crippen LogP contribution in [0.15, 0.2) is 470 Å². The van der Waals surface area contributed by atoms with Gasteiger partial charge in [0.1, 0.15) is 22.3 Å². The average molecular weight is 1480 g/mol. The highest BCUT2D eigenvalue weighted by Crippen LogP contribution is 2.44. The van der Waals surface area contributed by atoms with E-state index in [1.54, 1.807) is 0 Å². The highest BCUT2D eigenvalue weighted by molar-refractivity contribution is 6.08. The van der Waals surface area contributed by atoms with Crippen LogP contribution in [0.3, 0.4) is 0 Å². The molecule has 0 radical (unpaired) electrons. The van der Waals surface area contributed by atoms with Crippen molar-refractivity contribution in [2.75, 3.05) is 9.80 Å². The summed E-state index contributed by atoms with van der Waals surface area (Å²) in [6.45, 7) is 0. The largest absolute Gasteiger partial charge is 0.456 e. The molecule has 21 aromatic rings. The number of benzene rings is 19. The van der Waals surface area contributed by atoms with Gasteiger partial charge in [0.25, 0.3) is 0 Å². The van der Waals surface area contributed by atoms with Crippen molar-refractivity contribution in [1.29, 1.82) is 0 Å². The molecular weight excluding hydrogens is 1410 g/mol. The summed E-state index contributed by atoms with van der Waals surface area (Å²) in [4.78, 5) is 4.69. The second kappa shape index (κ2) is 31.1. The molecule has 116 heavy (non-hydrogen) atoms. The van der Waals surface area contributed by atoms with Crippen LogP contribution in [0.5, 0.6) is 0 Å². The van der Waals surface area contributed by atoms with E-state index in [1.807, 2.05) is 24.3 Å².